The van der Waals surface area contributed by atoms with Crippen LogP contribution < -0.4 is 0 Å². The molecule has 0 aromatic rings. The molecule has 1 heterocycles. The zero-order chi connectivity index (χ0) is 7.56. The van der Waals surface area contributed by atoms with Gasteiger partial charge in [-0.05, 0) is 12.5 Å². The fourth-order valence-electron chi connectivity index (χ4n) is 0.763. The number of halogens is 1. The van der Waals surface area contributed by atoms with E-state index in [4.69, 9.17) is 16.4 Å². The van der Waals surface area contributed by atoms with Crippen LogP contribution in [0.1, 0.15) is 13.3 Å². The summed E-state index contributed by atoms with van der Waals surface area (Å²) in [5.74, 6) is 0.500. The Kier molecular flexibility index (Phi) is 2.33. The molecule has 1 aliphatic rings. The van der Waals surface area contributed by atoms with Gasteiger partial charge in [0.25, 0.3) is 0 Å². The molecule has 0 fully saturated rings. The van der Waals surface area contributed by atoms with Crippen LogP contribution in [0.25, 0.3) is 0 Å². The lowest BCUT2D eigenvalue weighted by Gasteiger charge is -1.99. The van der Waals surface area contributed by atoms with Gasteiger partial charge in [-0.3, -0.25) is 0 Å². The molecular formula is C7H10ClNO. The van der Waals surface area contributed by atoms with Crippen LogP contribution in [0.4, 0.5) is 0 Å². The topological polar surface area (TPSA) is 21.6 Å². The van der Waals surface area contributed by atoms with Gasteiger partial charge in [-0.25, -0.2) is 0 Å². The number of hydrogen-bond donors (Lipinski definition) is 0. The summed E-state index contributed by atoms with van der Waals surface area (Å²) in [6.07, 6.45) is 0.868. The van der Waals surface area contributed by atoms with Gasteiger partial charge in [-0.1, -0.05) is 11.7 Å². The van der Waals surface area contributed by atoms with Gasteiger partial charge in [0.15, 0.2) is 0 Å². The second-order valence-corrected chi connectivity index (χ2v) is 2.71. The van der Waals surface area contributed by atoms with Crippen molar-refractivity contribution >= 4 is 17.3 Å². The number of oxime groups is 1. The zero-order valence-corrected chi connectivity index (χ0v) is 6.69. The largest absolute Gasteiger partial charge is 0.391 e. The van der Waals surface area contributed by atoms with Gasteiger partial charge in [0, 0.05) is 6.42 Å². The smallest absolute Gasteiger partial charge is 0.146 e. The first-order chi connectivity index (χ1) is 4.74. The SMILES string of the molecule is C=C(C)C1=NOC(CCl)C1. The van der Waals surface area contributed by atoms with Crippen LogP contribution in [-0.2, 0) is 4.84 Å². The molecule has 1 aliphatic heterocycles. The summed E-state index contributed by atoms with van der Waals surface area (Å²) < 4.78 is 0. The molecule has 10 heavy (non-hydrogen) atoms. The lowest BCUT2D eigenvalue weighted by atomic mass is 10.1. The van der Waals surface area contributed by atoms with Crippen LogP contribution in [0.5, 0.6) is 0 Å². The second kappa shape index (κ2) is 3.06. The van der Waals surface area contributed by atoms with Crippen molar-refractivity contribution < 1.29 is 4.84 Å². The molecule has 0 aliphatic carbocycles. The maximum atomic E-state index is 5.55. The van der Waals surface area contributed by atoms with Crippen LogP contribution in [-0.4, -0.2) is 17.7 Å². The maximum Gasteiger partial charge on any atom is 0.146 e. The molecule has 0 saturated carbocycles. The highest BCUT2D eigenvalue weighted by atomic mass is 35.5. The fourth-order valence-corrected chi connectivity index (χ4v) is 0.929. The van der Waals surface area contributed by atoms with Gasteiger partial charge in [0.2, 0.25) is 0 Å². The molecule has 0 spiro atoms. The summed E-state index contributed by atoms with van der Waals surface area (Å²) >= 11 is 5.55. The van der Waals surface area contributed by atoms with Crippen molar-refractivity contribution in [1.82, 2.24) is 0 Å². The normalized spacial score (nSPS) is 23.8. The third-order valence-electron chi connectivity index (χ3n) is 1.40. The minimum Gasteiger partial charge on any atom is -0.391 e. The third-order valence-corrected chi connectivity index (χ3v) is 1.74. The van der Waals surface area contributed by atoms with E-state index >= 15 is 0 Å². The molecule has 3 heteroatoms. The molecular weight excluding hydrogens is 150 g/mol. The Bertz CT molecular complexity index is 176. The minimum atomic E-state index is 0.0633. The first-order valence-corrected chi connectivity index (χ1v) is 3.72. The van der Waals surface area contributed by atoms with Gasteiger partial charge < -0.3 is 4.84 Å². The van der Waals surface area contributed by atoms with Gasteiger partial charge >= 0.3 is 0 Å². The molecule has 0 radical (unpaired) electrons. The number of alkyl halides is 1. The number of nitrogens with zero attached hydrogens (tertiary/aromatic N) is 1. The van der Waals surface area contributed by atoms with Crippen LogP contribution >= 0.6 is 11.6 Å². The van der Waals surface area contributed by atoms with E-state index in [9.17, 15) is 0 Å². The molecule has 0 bridgehead atoms. The molecule has 1 atom stereocenters. The molecule has 56 valence electrons. The van der Waals surface area contributed by atoms with E-state index in [1.165, 1.54) is 0 Å². The Labute approximate surface area is 65.5 Å². The van der Waals surface area contributed by atoms with E-state index in [2.05, 4.69) is 11.7 Å². The molecule has 0 aromatic heterocycles. The molecule has 2 nitrogen and oxygen atoms in total. The zero-order valence-electron chi connectivity index (χ0n) is 5.93. The Morgan fingerprint density at radius 1 is 2.00 bits per heavy atom. The molecule has 0 amide bonds. The van der Waals surface area contributed by atoms with Crippen molar-refractivity contribution in [2.24, 2.45) is 5.16 Å². The summed E-state index contributed by atoms with van der Waals surface area (Å²) in [4.78, 5) is 4.97. The van der Waals surface area contributed by atoms with E-state index in [1.54, 1.807) is 0 Å². The monoisotopic (exact) mass is 159 g/mol. The standard InChI is InChI=1S/C7H10ClNO/c1-5(2)7-3-6(4-8)10-9-7/h6H,1,3-4H2,2H3. The Hall–Kier alpha value is -0.500. The predicted molar refractivity (Wildman–Crippen MR) is 42.5 cm³/mol. The average Bonchev–Trinajstić information content (AvgIpc) is 2.34. The molecule has 0 saturated heterocycles. The quantitative estimate of drug-likeness (QED) is 0.565. The lowest BCUT2D eigenvalue weighted by Crippen LogP contribution is -2.09. The first kappa shape index (κ1) is 7.61. The predicted octanol–water partition coefficient (Wildman–Crippen LogP) is 1.95. The molecule has 1 unspecified atom stereocenters. The van der Waals surface area contributed by atoms with E-state index in [1.807, 2.05) is 6.92 Å². The van der Waals surface area contributed by atoms with Crippen LogP contribution in [0.15, 0.2) is 17.3 Å². The van der Waals surface area contributed by atoms with E-state index in [0.29, 0.717) is 5.88 Å². The highest BCUT2D eigenvalue weighted by molar-refractivity contribution is 6.18. The Morgan fingerprint density at radius 2 is 2.70 bits per heavy atom. The van der Waals surface area contributed by atoms with Gasteiger partial charge in [-0.15, -0.1) is 11.6 Å². The van der Waals surface area contributed by atoms with Crippen molar-refractivity contribution in [1.29, 1.82) is 0 Å². The number of rotatable bonds is 2. The Morgan fingerprint density at radius 3 is 3.00 bits per heavy atom. The molecule has 0 N–H and O–H groups in total. The second-order valence-electron chi connectivity index (χ2n) is 2.40. The summed E-state index contributed by atoms with van der Waals surface area (Å²) in [6.45, 7) is 5.67. The average molecular weight is 160 g/mol. The number of hydrogen-bond acceptors (Lipinski definition) is 2. The highest BCUT2D eigenvalue weighted by Crippen LogP contribution is 2.15. The van der Waals surface area contributed by atoms with Crippen molar-refractivity contribution in [3.05, 3.63) is 12.2 Å². The molecule has 0 aromatic carbocycles. The van der Waals surface area contributed by atoms with Gasteiger partial charge in [-0.2, -0.15) is 0 Å². The van der Waals surface area contributed by atoms with Crippen molar-refractivity contribution in [2.75, 3.05) is 5.88 Å². The van der Waals surface area contributed by atoms with E-state index in [0.717, 1.165) is 17.7 Å². The van der Waals surface area contributed by atoms with Crippen LogP contribution in [0.2, 0.25) is 0 Å². The fraction of sp³-hybridized carbons (Fsp3) is 0.571. The Balaban J connectivity index is 2.47. The summed E-state index contributed by atoms with van der Waals surface area (Å²) in [7, 11) is 0. The van der Waals surface area contributed by atoms with Crippen molar-refractivity contribution in [2.45, 2.75) is 19.4 Å². The first-order valence-electron chi connectivity index (χ1n) is 3.18. The summed E-state index contributed by atoms with van der Waals surface area (Å²) in [5.41, 5.74) is 1.90. The van der Waals surface area contributed by atoms with E-state index < -0.39 is 0 Å². The van der Waals surface area contributed by atoms with Crippen LogP contribution in [0, 0.1) is 0 Å². The lowest BCUT2D eigenvalue weighted by molar-refractivity contribution is 0.102. The van der Waals surface area contributed by atoms with Crippen molar-refractivity contribution in [3.8, 4) is 0 Å². The highest BCUT2D eigenvalue weighted by Gasteiger charge is 2.19. The summed E-state index contributed by atoms with van der Waals surface area (Å²) in [5, 5.41) is 3.82. The van der Waals surface area contributed by atoms with Crippen molar-refractivity contribution in [3.63, 3.8) is 0 Å². The van der Waals surface area contributed by atoms with Gasteiger partial charge in [0.05, 0.1) is 11.6 Å². The number of allylic oxidation sites excluding steroid dienone is 1. The van der Waals surface area contributed by atoms with E-state index in [-0.39, 0.29) is 6.10 Å². The van der Waals surface area contributed by atoms with Crippen LogP contribution in [0.3, 0.4) is 0 Å². The molecule has 1 rings (SSSR count). The minimum absolute atomic E-state index is 0.0633. The van der Waals surface area contributed by atoms with Gasteiger partial charge in [0.1, 0.15) is 6.10 Å². The maximum absolute atomic E-state index is 5.55. The third kappa shape index (κ3) is 1.51. The summed E-state index contributed by atoms with van der Waals surface area (Å²) in [6, 6.07) is 0.